The van der Waals surface area contributed by atoms with Gasteiger partial charge in [0.2, 0.25) is 0 Å². The minimum Gasteiger partial charge on any atom is -0.373 e. The Balaban J connectivity index is 1.85. The van der Waals surface area contributed by atoms with Crippen molar-refractivity contribution in [3.8, 4) is 6.07 Å². The third kappa shape index (κ3) is 1.73. The van der Waals surface area contributed by atoms with Crippen molar-refractivity contribution in [3.05, 3.63) is 16.8 Å². The van der Waals surface area contributed by atoms with Crippen LogP contribution in [0.25, 0.3) is 0 Å². The maximum atomic E-state index is 9.24. The SMILES string of the molecule is Cc1nnc(N[C@H]2C[C@H]3CC[C@@H]2O3)c(C#N)c1C. The van der Waals surface area contributed by atoms with E-state index in [9.17, 15) is 5.26 Å². The van der Waals surface area contributed by atoms with E-state index in [0.29, 0.717) is 17.5 Å². The molecule has 1 aromatic rings. The van der Waals surface area contributed by atoms with E-state index < -0.39 is 0 Å². The van der Waals surface area contributed by atoms with Gasteiger partial charge in [-0.25, -0.2) is 0 Å². The summed E-state index contributed by atoms with van der Waals surface area (Å²) >= 11 is 0. The Morgan fingerprint density at radius 2 is 2.17 bits per heavy atom. The topological polar surface area (TPSA) is 70.8 Å². The zero-order valence-electron chi connectivity index (χ0n) is 10.6. The van der Waals surface area contributed by atoms with Gasteiger partial charge in [0.05, 0.1) is 23.9 Å². The van der Waals surface area contributed by atoms with E-state index in [0.717, 1.165) is 30.5 Å². The van der Waals surface area contributed by atoms with Gasteiger partial charge in [-0.15, -0.1) is 5.10 Å². The van der Waals surface area contributed by atoms with Gasteiger partial charge in [0.1, 0.15) is 11.6 Å². The number of anilines is 1. The molecule has 18 heavy (non-hydrogen) atoms. The Bertz CT molecular complexity index is 522. The first-order valence-electron chi connectivity index (χ1n) is 6.35. The van der Waals surface area contributed by atoms with Crippen molar-refractivity contribution in [2.24, 2.45) is 0 Å². The highest BCUT2D eigenvalue weighted by Gasteiger charge is 2.41. The number of hydrogen-bond acceptors (Lipinski definition) is 5. The Hall–Kier alpha value is -1.67. The number of nitrogens with one attached hydrogen (secondary N) is 1. The highest BCUT2D eigenvalue weighted by molar-refractivity contribution is 5.56. The first-order chi connectivity index (χ1) is 8.69. The largest absolute Gasteiger partial charge is 0.373 e. The van der Waals surface area contributed by atoms with E-state index in [1.165, 1.54) is 0 Å². The lowest BCUT2D eigenvalue weighted by molar-refractivity contribution is 0.102. The molecule has 1 aromatic heterocycles. The molecule has 0 aliphatic carbocycles. The monoisotopic (exact) mass is 244 g/mol. The minimum atomic E-state index is 0.268. The first-order valence-corrected chi connectivity index (χ1v) is 6.35. The van der Waals surface area contributed by atoms with Crippen LogP contribution in [0.3, 0.4) is 0 Å². The van der Waals surface area contributed by atoms with Crippen molar-refractivity contribution in [2.75, 3.05) is 5.32 Å². The van der Waals surface area contributed by atoms with Crippen LogP contribution in [0, 0.1) is 25.2 Å². The fourth-order valence-electron chi connectivity index (χ4n) is 2.81. The maximum absolute atomic E-state index is 9.24. The predicted molar refractivity (Wildman–Crippen MR) is 66.1 cm³/mol. The average Bonchev–Trinajstić information content (AvgIpc) is 2.96. The lowest BCUT2D eigenvalue weighted by Gasteiger charge is -2.21. The number of nitriles is 1. The van der Waals surface area contributed by atoms with E-state index in [-0.39, 0.29) is 12.1 Å². The van der Waals surface area contributed by atoms with Crippen molar-refractivity contribution in [3.63, 3.8) is 0 Å². The fourth-order valence-corrected chi connectivity index (χ4v) is 2.81. The molecule has 5 heteroatoms. The van der Waals surface area contributed by atoms with Crippen LogP contribution in [0.15, 0.2) is 0 Å². The van der Waals surface area contributed by atoms with Crippen molar-refractivity contribution >= 4 is 5.82 Å². The van der Waals surface area contributed by atoms with Gasteiger partial charge in [0, 0.05) is 0 Å². The second-order valence-corrected chi connectivity index (χ2v) is 5.11. The van der Waals surface area contributed by atoms with Gasteiger partial charge < -0.3 is 10.1 Å². The van der Waals surface area contributed by atoms with E-state index in [1.807, 2.05) is 13.8 Å². The maximum Gasteiger partial charge on any atom is 0.167 e. The van der Waals surface area contributed by atoms with E-state index in [1.54, 1.807) is 0 Å². The molecule has 3 rings (SSSR count). The highest BCUT2D eigenvalue weighted by Crippen LogP contribution is 2.36. The molecule has 2 aliphatic rings. The quantitative estimate of drug-likeness (QED) is 0.857. The average molecular weight is 244 g/mol. The molecule has 0 saturated carbocycles. The molecule has 5 nitrogen and oxygen atoms in total. The second-order valence-electron chi connectivity index (χ2n) is 5.11. The van der Waals surface area contributed by atoms with E-state index >= 15 is 0 Å². The molecular weight excluding hydrogens is 228 g/mol. The summed E-state index contributed by atoms with van der Waals surface area (Å²) < 4.78 is 5.79. The predicted octanol–water partition coefficient (Wildman–Crippen LogP) is 1.70. The Morgan fingerprint density at radius 3 is 2.78 bits per heavy atom. The lowest BCUT2D eigenvalue weighted by Crippen LogP contribution is -2.31. The van der Waals surface area contributed by atoms with Crippen molar-refractivity contribution < 1.29 is 4.74 Å². The first kappa shape index (κ1) is 11.4. The normalized spacial score (nSPS) is 29.3. The van der Waals surface area contributed by atoms with Crippen LogP contribution in [0.5, 0.6) is 0 Å². The van der Waals surface area contributed by atoms with Crippen LogP contribution in [0.2, 0.25) is 0 Å². The Labute approximate surface area is 106 Å². The smallest absolute Gasteiger partial charge is 0.167 e. The van der Waals surface area contributed by atoms with E-state index in [4.69, 9.17) is 4.74 Å². The Kier molecular flexibility index (Phi) is 2.67. The van der Waals surface area contributed by atoms with Crippen LogP contribution in [0.1, 0.15) is 36.1 Å². The molecule has 0 aromatic carbocycles. The lowest BCUT2D eigenvalue weighted by atomic mass is 9.95. The number of fused-ring (bicyclic) bond motifs is 2. The third-order valence-electron chi connectivity index (χ3n) is 3.99. The minimum absolute atomic E-state index is 0.268. The molecule has 0 spiro atoms. The van der Waals surface area contributed by atoms with Gasteiger partial charge in [-0.3, -0.25) is 0 Å². The second kappa shape index (κ2) is 4.21. The molecule has 2 aliphatic heterocycles. The van der Waals surface area contributed by atoms with Crippen LogP contribution in [-0.2, 0) is 4.74 Å². The van der Waals surface area contributed by atoms with Gasteiger partial charge in [-0.05, 0) is 38.7 Å². The number of nitrogens with zero attached hydrogens (tertiary/aromatic N) is 3. The number of aromatic nitrogens is 2. The summed E-state index contributed by atoms with van der Waals surface area (Å²) in [6.07, 6.45) is 3.92. The van der Waals surface area contributed by atoms with Gasteiger partial charge in [-0.2, -0.15) is 10.4 Å². The fraction of sp³-hybridized carbons (Fsp3) is 0.615. The standard InChI is InChI=1S/C13H16N4O/c1-7-8(2)16-17-13(10(7)6-14)15-11-5-9-3-4-12(11)18-9/h9,11-12H,3-5H2,1-2H3,(H,15,17)/t9-,11+,12+/m1/s1. The van der Waals surface area contributed by atoms with Crippen LogP contribution >= 0.6 is 0 Å². The molecule has 0 radical (unpaired) electrons. The molecule has 2 bridgehead atoms. The highest BCUT2D eigenvalue weighted by atomic mass is 16.5. The molecule has 2 fully saturated rings. The summed E-state index contributed by atoms with van der Waals surface area (Å²) in [5.74, 6) is 0.599. The van der Waals surface area contributed by atoms with Gasteiger partial charge >= 0.3 is 0 Å². The molecule has 0 amide bonds. The molecule has 94 valence electrons. The summed E-state index contributed by atoms with van der Waals surface area (Å²) in [6, 6.07) is 2.49. The summed E-state index contributed by atoms with van der Waals surface area (Å²) in [6.45, 7) is 3.78. The van der Waals surface area contributed by atoms with Crippen molar-refractivity contribution in [1.82, 2.24) is 10.2 Å². The summed E-state index contributed by atoms with van der Waals surface area (Å²) in [5, 5.41) is 20.8. The van der Waals surface area contributed by atoms with Crippen LogP contribution < -0.4 is 5.32 Å². The van der Waals surface area contributed by atoms with Gasteiger partial charge in [0.15, 0.2) is 5.82 Å². The summed E-state index contributed by atoms with van der Waals surface area (Å²) in [7, 11) is 0. The molecule has 0 unspecified atom stereocenters. The van der Waals surface area contributed by atoms with Gasteiger partial charge in [0.25, 0.3) is 0 Å². The number of rotatable bonds is 2. The molecule has 3 heterocycles. The van der Waals surface area contributed by atoms with Crippen molar-refractivity contribution in [1.29, 1.82) is 5.26 Å². The molecule has 1 N–H and O–H groups in total. The number of aryl methyl sites for hydroxylation is 1. The summed E-state index contributed by atoms with van der Waals surface area (Å²) in [4.78, 5) is 0. The zero-order chi connectivity index (χ0) is 12.7. The van der Waals surface area contributed by atoms with E-state index in [2.05, 4.69) is 21.6 Å². The Morgan fingerprint density at radius 1 is 1.33 bits per heavy atom. The van der Waals surface area contributed by atoms with Crippen LogP contribution in [0.4, 0.5) is 5.82 Å². The zero-order valence-corrected chi connectivity index (χ0v) is 10.6. The van der Waals surface area contributed by atoms with Crippen molar-refractivity contribution in [2.45, 2.75) is 51.4 Å². The molecular formula is C13H16N4O. The summed E-state index contributed by atoms with van der Waals surface area (Å²) in [5.41, 5.74) is 2.31. The molecule has 3 atom stereocenters. The van der Waals surface area contributed by atoms with Crippen LogP contribution in [-0.4, -0.2) is 28.4 Å². The molecule has 2 saturated heterocycles. The number of ether oxygens (including phenoxy) is 1. The number of hydrogen-bond donors (Lipinski definition) is 1. The van der Waals surface area contributed by atoms with Gasteiger partial charge in [-0.1, -0.05) is 0 Å². The third-order valence-corrected chi connectivity index (χ3v) is 3.99.